The Labute approximate surface area is 148 Å². The molecule has 0 amide bonds. The molecular weight excluding hydrogens is 344 g/mol. The van der Waals surface area contributed by atoms with E-state index in [1.807, 2.05) is 31.2 Å². The number of carbonyl (C=O) groups excluding carboxylic acids is 2. The molecule has 0 spiro atoms. The lowest BCUT2D eigenvalue weighted by atomic mass is 9.88. The van der Waals surface area contributed by atoms with Gasteiger partial charge in [-0.05, 0) is 18.1 Å². The largest absolute Gasteiger partial charge is 0.458 e. The van der Waals surface area contributed by atoms with E-state index < -0.39 is 22.7 Å². The minimum Gasteiger partial charge on any atom is -0.458 e. The molecule has 0 aliphatic heterocycles. The molecule has 3 rings (SSSR count). The number of Topliss-reactive ketones (excluding diaryl/α,β-unsaturated/α-hetero) is 1. The first-order valence-electron chi connectivity index (χ1n) is 8.08. The summed E-state index contributed by atoms with van der Waals surface area (Å²) in [6.07, 6.45) is 0.181. The molecule has 132 valence electrons. The van der Waals surface area contributed by atoms with E-state index >= 15 is 0 Å². The van der Waals surface area contributed by atoms with E-state index in [2.05, 4.69) is 4.98 Å². The molecule has 1 aliphatic carbocycles. The van der Waals surface area contributed by atoms with Crippen molar-refractivity contribution in [2.45, 2.75) is 26.4 Å². The average molecular weight is 362 g/mol. The van der Waals surface area contributed by atoms with Crippen molar-refractivity contribution in [1.29, 1.82) is 0 Å². The minimum atomic E-state index is -0.622. The summed E-state index contributed by atoms with van der Waals surface area (Å²) >= 11 is 1.45. The van der Waals surface area contributed by atoms with Crippen LogP contribution in [0.3, 0.4) is 0 Å². The summed E-state index contributed by atoms with van der Waals surface area (Å²) in [5.74, 6) is -1.71. The van der Waals surface area contributed by atoms with Crippen LogP contribution < -0.4 is 0 Å². The van der Waals surface area contributed by atoms with Crippen LogP contribution in [0, 0.1) is 27.9 Å². The molecule has 3 atom stereocenters. The van der Waals surface area contributed by atoms with E-state index in [9.17, 15) is 19.7 Å². The zero-order chi connectivity index (χ0) is 18.0. The number of hydrogen-bond donors (Lipinski definition) is 0. The van der Waals surface area contributed by atoms with E-state index in [-0.39, 0.29) is 37.7 Å². The summed E-state index contributed by atoms with van der Waals surface area (Å²) in [5.41, 5.74) is 0.851. The van der Waals surface area contributed by atoms with Crippen molar-refractivity contribution in [3.8, 4) is 0 Å². The molecule has 0 radical (unpaired) electrons. The van der Waals surface area contributed by atoms with Gasteiger partial charge in [-0.2, -0.15) is 0 Å². The third-order valence-electron chi connectivity index (χ3n) is 4.63. The summed E-state index contributed by atoms with van der Waals surface area (Å²) in [7, 11) is 0. The van der Waals surface area contributed by atoms with Gasteiger partial charge in [-0.1, -0.05) is 19.1 Å². The number of hydrogen-bond acceptors (Lipinski definition) is 7. The smallest absolute Gasteiger partial charge is 0.306 e. The van der Waals surface area contributed by atoms with Gasteiger partial charge in [0.1, 0.15) is 17.4 Å². The molecule has 1 fully saturated rings. The van der Waals surface area contributed by atoms with Crippen LogP contribution in [0.4, 0.5) is 0 Å². The van der Waals surface area contributed by atoms with Gasteiger partial charge in [-0.3, -0.25) is 19.7 Å². The number of thiazole rings is 1. The van der Waals surface area contributed by atoms with Gasteiger partial charge in [0, 0.05) is 23.2 Å². The number of rotatable bonds is 6. The fraction of sp³-hybridized carbons (Fsp3) is 0.471. The number of para-hydroxylation sites is 1. The first kappa shape index (κ1) is 17.5. The SMILES string of the molecule is C[C@@H]1CC(=O)[C@H](CC(=O)OCc2nc3ccccc3s2)[C@@H]1C[N+](=O)[O-]. The normalized spacial score (nSPS) is 23.1. The number of ether oxygens (including phenoxy) is 1. The zero-order valence-electron chi connectivity index (χ0n) is 13.7. The van der Waals surface area contributed by atoms with Crippen LogP contribution in [0.25, 0.3) is 10.2 Å². The van der Waals surface area contributed by atoms with Gasteiger partial charge in [0.25, 0.3) is 0 Å². The molecular formula is C17H18N2O5S. The molecule has 1 aliphatic rings. The summed E-state index contributed by atoms with van der Waals surface area (Å²) in [6.45, 7) is 1.58. The summed E-state index contributed by atoms with van der Waals surface area (Å²) in [4.78, 5) is 38.9. The monoisotopic (exact) mass is 362 g/mol. The third kappa shape index (κ3) is 4.01. The zero-order valence-corrected chi connectivity index (χ0v) is 14.5. The quantitative estimate of drug-likeness (QED) is 0.445. The van der Waals surface area contributed by atoms with Crippen LogP contribution in [0.1, 0.15) is 24.8 Å². The van der Waals surface area contributed by atoms with Gasteiger partial charge in [-0.15, -0.1) is 11.3 Å². The van der Waals surface area contributed by atoms with Crippen molar-refractivity contribution in [1.82, 2.24) is 4.98 Å². The van der Waals surface area contributed by atoms with E-state index in [0.29, 0.717) is 5.01 Å². The van der Waals surface area contributed by atoms with Crippen LogP contribution in [0.2, 0.25) is 0 Å². The van der Waals surface area contributed by atoms with E-state index in [1.54, 1.807) is 0 Å². The van der Waals surface area contributed by atoms with Crippen LogP contribution in [0.15, 0.2) is 24.3 Å². The second-order valence-electron chi connectivity index (χ2n) is 6.37. The molecule has 1 heterocycles. The number of nitrogens with zero attached hydrogens (tertiary/aromatic N) is 2. The Balaban J connectivity index is 1.59. The van der Waals surface area contributed by atoms with Crippen LogP contribution in [-0.2, 0) is 20.9 Å². The summed E-state index contributed by atoms with van der Waals surface area (Å²) in [5, 5.41) is 11.5. The topological polar surface area (TPSA) is 99.4 Å². The highest BCUT2D eigenvalue weighted by Gasteiger charge is 2.44. The highest BCUT2D eigenvalue weighted by atomic mass is 32.1. The van der Waals surface area contributed by atoms with Crippen LogP contribution in [0.5, 0.6) is 0 Å². The molecule has 1 aromatic carbocycles. The summed E-state index contributed by atoms with van der Waals surface area (Å²) < 4.78 is 6.26. The number of carbonyl (C=O) groups is 2. The predicted octanol–water partition coefficient (Wildman–Crippen LogP) is 2.85. The van der Waals surface area contributed by atoms with Gasteiger partial charge < -0.3 is 4.74 Å². The number of fused-ring (bicyclic) bond motifs is 1. The van der Waals surface area contributed by atoms with Crippen LogP contribution >= 0.6 is 11.3 Å². The minimum absolute atomic E-state index is 0.0501. The number of aromatic nitrogens is 1. The Kier molecular flexibility index (Phi) is 5.08. The second kappa shape index (κ2) is 7.26. The molecule has 25 heavy (non-hydrogen) atoms. The first-order valence-corrected chi connectivity index (χ1v) is 8.90. The molecule has 0 unspecified atom stereocenters. The highest BCUT2D eigenvalue weighted by Crippen LogP contribution is 2.36. The Morgan fingerprint density at radius 2 is 2.20 bits per heavy atom. The lowest BCUT2D eigenvalue weighted by Gasteiger charge is -2.16. The number of nitro groups is 1. The van der Waals surface area contributed by atoms with Gasteiger partial charge in [0.2, 0.25) is 6.54 Å². The summed E-state index contributed by atoms with van der Waals surface area (Å²) in [6, 6.07) is 7.63. The Morgan fingerprint density at radius 3 is 2.92 bits per heavy atom. The molecule has 0 bridgehead atoms. The fourth-order valence-corrected chi connectivity index (χ4v) is 4.24. The van der Waals surface area contributed by atoms with Crippen molar-refractivity contribution >= 4 is 33.3 Å². The van der Waals surface area contributed by atoms with Crippen molar-refractivity contribution in [2.75, 3.05) is 6.54 Å². The van der Waals surface area contributed by atoms with Gasteiger partial charge in [0.15, 0.2) is 0 Å². The first-order chi connectivity index (χ1) is 11.9. The molecule has 1 aromatic heterocycles. The molecule has 8 heteroatoms. The van der Waals surface area contributed by atoms with Crippen molar-refractivity contribution in [2.24, 2.45) is 17.8 Å². The Hall–Kier alpha value is -2.35. The highest BCUT2D eigenvalue weighted by molar-refractivity contribution is 7.18. The molecule has 1 saturated carbocycles. The Morgan fingerprint density at radius 1 is 1.44 bits per heavy atom. The number of benzene rings is 1. The predicted molar refractivity (Wildman–Crippen MR) is 91.7 cm³/mol. The van der Waals surface area contributed by atoms with Gasteiger partial charge >= 0.3 is 5.97 Å². The van der Waals surface area contributed by atoms with E-state index in [1.165, 1.54) is 11.3 Å². The maximum atomic E-state index is 12.1. The van der Waals surface area contributed by atoms with Crippen molar-refractivity contribution in [3.63, 3.8) is 0 Å². The fourth-order valence-electron chi connectivity index (χ4n) is 3.36. The van der Waals surface area contributed by atoms with Crippen molar-refractivity contribution < 1.29 is 19.2 Å². The number of esters is 1. The molecule has 0 N–H and O–H groups in total. The lowest BCUT2D eigenvalue weighted by Crippen LogP contribution is -2.27. The Bertz CT molecular complexity index is 785. The van der Waals surface area contributed by atoms with Crippen LogP contribution in [-0.4, -0.2) is 28.2 Å². The number of ketones is 1. The third-order valence-corrected chi connectivity index (χ3v) is 5.64. The molecule has 7 nitrogen and oxygen atoms in total. The van der Waals surface area contributed by atoms with Gasteiger partial charge in [-0.25, -0.2) is 4.98 Å². The van der Waals surface area contributed by atoms with Gasteiger partial charge in [0.05, 0.1) is 16.6 Å². The maximum Gasteiger partial charge on any atom is 0.306 e. The van der Waals surface area contributed by atoms with Crippen molar-refractivity contribution in [3.05, 3.63) is 39.4 Å². The second-order valence-corrected chi connectivity index (χ2v) is 7.49. The van der Waals surface area contributed by atoms with E-state index in [0.717, 1.165) is 10.2 Å². The maximum absolute atomic E-state index is 12.1. The standard InChI is InChI=1S/C17H18N2O5S/c1-10-6-14(20)11(12(10)8-19(22)23)7-17(21)24-9-16-18-13-4-2-3-5-15(13)25-16/h2-5,10-12H,6-9H2,1H3/t10-,11-,12-/m1/s1. The average Bonchev–Trinajstić information content (AvgIpc) is 3.08. The molecule has 2 aromatic rings. The lowest BCUT2D eigenvalue weighted by molar-refractivity contribution is -0.490. The van der Waals surface area contributed by atoms with E-state index in [4.69, 9.17) is 4.74 Å². The molecule has 0 saturated heterocycles.